The van der Waals surface area contributed by atoms with Crippen LogP contribution in [0.25, 0.3) is 11.3 Å². The molecule has 3 amide bonds. The summed E-state index contributed by atoms with van der Waals surface area (Å²) >= 11 is 0. The SMILES string of the molecule is O=C(CNC(=O)c1ccc2c(c1)OCO2)NNC(=O)c1cc(-c2ccccc2)n[nH]1. The third-order valence-corrected chi connectivity index (χ3v) is 4.25. The molecule has 0 saturated carbocycles. The molecule has 0 spiro atoms. The van der Waals surface area contributed by atoms with E-state index in [0.717, 1.165) is 5.56 Å². The smallest absolute Gasteiger partial charge is 0.287 e. The van der Waals surface area contributed by atoms with E-state index in [2.05, 4.69) is 26.4 Å². The summed E-state index contributed by atoms with van der Waals surface area (Å²) in [5.74, 6) is -0.605. The molecule has 4 N–H and O–H groups in total. The minimum absolute atomic E-state index is 0.103. The number of benzene rings is 2. The minimum atomic E-state index is -0.597. The standard InChI is InChI=1S/C20H17N5O5/c26-18(10-21-19(27)13-6-7-16-17(8-13)30-11-29-16)24-25-20(28)15-9-14(22-23-15)12-4-2-1-3-5-12/h1-9H,10-11H2,(H,21,27)(H,22,23)(H,24,26)(H,25,28). The fourth-order valence-corrected chi connectivity index (χ4v) is 2.73. The van der Waals surface area contributed by atoms with Crippen molar-refractivity contribution >= 4 is 17.7 Å². The lowest BCUT2D eigenvalue weighted by molar-refractivity contribution is -0.120. The maximum absolute atomic E-state index is 12.2. The van der Waals surface area contributed by atoms with E-state index in [1.807, 2.05) is 30.3 Å². The molecule has 2 aromatic carbocycles. The van der Waals surface area contributed by atoms with Gasteiger partial charge in [0.25, 0.3) is 17.7 Å². The fourth-order valence-electron chi connectivity index (χ4n) is 2.73. The highest BCUT2D eigenvalue weighted by Gasteiger charge is 2.17. The van der Waals surface area contributed by atoms with Crippen molar-refractivity contribution < 1.29 is 23.9 Å². The molecule has 0 aliphatic carbocycles. The number of H-pyrrole nitrogens is 1. The van der Waals surface area contributed by atoms with Crippen LogP contribution in [0.5, 0.6) is 11.5 Å². The molecule has 0 radical (unpaired) electrons. The van der Waals surface area contributed by atoms with Crippen LogP contribution in [0.15, 0.2) is 54.6 Å². The zero-order valence-corrected chi connectivity index (χ0v) is 15.6. The van der Waals surface area contributed by atoms with E-state index in [4.69, 9.17) is 9.47 Å². The van der Waals surface area contributed by atoms with Crippen LogP contribution in [0.1, 0.15) is 20.8 Å². The molecule has 1 aliphatic heterocycles. The van der Waals surface area contributed by atoms with Gasteiger partial charge >= 0.3 is 0 Å². The van der Waals surface area contributed by atoms with E-state index in [-0.39, 0.29) is 19.0 Å². The van der Waals surface area contributed by atoms with Gasteiger partial charge in [-0.15, -0.1) is 0 Å². The minimum Gasteiger partial charge on any atom is -0.454 e. The van der Waals surface area contributed by atoms with Crippen molar-refractivity contribution in [2.24, 2.45) is 0 Å². The Morgan fingerprint density at radius 2 is 1.73 bits per heavy atom. The summed E-state index contributed by atoms with van der Waals surface area (Å²) in [5, 5.41) is 9.15. The number of hydrazine groups is 1. The van der Waals surface area contributed by atoms with Crippen LogP contribution in [-0.4, -0.2) is 41.3 Å². The molecule has 0 unspecified atom stereocenters. The molecule has 3 aromatic rings. The molecule has 10 heteroatoms. The fraction of sp³-hybridized carbons (Fsp3) is 0.100. The first-order chi connectivity index (χ1) is 14.6. The predicted molar refractivity (Wildman–Crippen MR) is 105 cm³/mol. The monoisotopic (exact) mass is 407 g/mol. The van der Waals surface area contributed by atoms with Gasteiger partial charge in [0.2, 0.25) is 6.79 Å². The van der Waals surface area contributed by atoms with Crippen molar-refractivity contribution in [1.82, 2.24) is 26.4 Å². The topological polar surface area (TPSA) is 134 Å². The normalized spacial score (nSPS) is 11.6. The van der Waals surface area contributed by atoms with Gasteiger partial charge in [-0.1, -0.05) is 30.3 Å². The van der Waals surface area contributed by atoms with Gasteiger partial charge in [-0.2, -0.15) is 5.10 Å². The van der Waals surface area contributed by atoms with Crippen molar-refractivity contribution in [3.63, 3.8) is 0 Å². The molecule has 0 atom stereocenters. The Hall–Kier alpha value is -4.34. The number of fused-ring (bicyclic) bond motifs is 1. The molecule has 30 heavy (non-hydrogen) atoms. The van der Waals surface area contributed by atoms with Crippen LogP contribution in [0.2, 0.25) is 0 Å². The molecule has 0 fully saturated rings. The largest absolute Gasteiger partial charge is 0.454 e. The van der Waals surface area contributed by atoms with Crippen LogP contribution in [0.3, 0.4) is 0 Å². The summed E-state index contributed by atoms with van der Waals surface area (Å²) < 4.78 is 10.4. The number of rotatable bonds is 5. The average molecular weight is 407 g/mol. The van der Waals surface area contributed by atoms with Gasteiger partial charge in [0.15, 0.2) is 11.5 Å². The maximum atomic E-state index is 12.2. The molecule has 2 heterocycles. The molecule has 1 aromatic heterocycles. The number of aromatic amines is 1. The van der Waals surface area contributed by atoms with Crippen molar-refractivity contribution in [2.45, 2.75) is 0 Å². The first kappa shape index (κ1) is 19.0. The van der Waals surface area contributed by atoms with Crippen molar-refractivity contribution in [3.8, 4) is 22.8 Å². The molecular weight excluding hydrogens is 390 g/mol. The van der Waals surface area contributed by atoms with Gasteiger partial charge in [0, 0.05) is 11.1 Å². The summed E-state index contributed by atoms with van der Waals surface area (Å²) in [6, 6.07) is 15.6. The second kappa shape index (κ2) is 8.35. The summed E-state index contributed by atoms with van der Waals surface area (Å²) in [6.45, 7) is -0.225. The zero-order valence-electron chi connectivity index (χ0n) is 15.6. The van der Waals surface area contributed by atoms with E-state index < -0.39 is 17.7 Å². The Morgan fingerprint density at radius 1 is 0.933 bits per heavy atom. The highest BCUT2D eigenvalue weighted by Crippen LogP contribution is 2.32. The second-order valence-corrected chi connectivity index (χ2v) is 6.29. The summed E-state index contributed by atoms with van der Waals surface area (Å²) in [6.07, 6.45) is 0. The van der Waals surface area contributed by atoms with Crippen LogP contribution in [0, 0.1) is 0 Å². The van der Waals surface area contributed by atoms with Crippen molar-refractivity contribution in [1.29, 1.82) is 0 Å². The van der Waals surface area contributed by atoms with E-state index in [1.165, 1.54) is 6.07 Å². The summed E-state index contributed by atoms with van der Waals surface area (Å²) in [4.78, 5) is 36.2. The maximum Gasteiger partial charge on any atom is 0.287 e. The zero-order chi connectivity index (χ0) is 20.9. The number of carbonyl (C=O) groups excluding carboxylic acids is 3. The van der Waals surface area contributed by atoms with E-state index in [9.17, 15) is 14.4 Å². The van der Waals surface area contributed by atoms with Gasteiger partial charge in [0.1, 0.15) is 5.69 Å². The highest BCUT2D eigenvalue weighted by atomic mass is 16.7. The molecule has 152 valence electrons. The molecule has 4 rings (SSSR count). The molecule has 0 bridgehead atoms. The van der Waals surface area contributed by atoms with Crippen molar-refractivity contribution in [2.75, 3.05) is 13.3 Å². The lowest BCUT2D eigenvalue weighted by Crippen LogP contribution is -2.46. The van der Waals surface area contributed by atoms with E-state index in [1.54, 1.807) is 18.2 Å². The predicted octanol–water partition coefficient (Wildman–Crippen LogP) is 0.996. The molecular formula is C20H17N5O5. The molecule has 10 nitrogen and oxygen atoms in total. The number of nitrogens with one attached hydrogen (secondary N) is 4. The number of ether oxygens (including phenoxy) is 2. The Bertz CT molecular complexity index is 1100. The van der Waals surface area contributed by atoms with Crippen molar-refractivity contribution in [3.05, 3.63) is 65.9 Å². The van der Waals surface area contributed by atoms with Crippen LogP contribution in [0.4, 0.5) is 0 Å². The van der Waals surface area contributed by atoms with Crippen LogP contribution in [-0.2, 0) is 4.79 Å². The average Bonchev–Trinajstić information content (AvgIpc) is 3.45. The van der Waals surface area contributed by atoms with Gasteiger partial charge in [-0.3, -0.25) is 30.3 Å². The second-order valence-electron chi connectivity index (χ2n) is 6.29. The van der Waals surface area contributed by atoms with Gasteiger partial charge in [-0.05, 0) is 24.3 Å². The Morgan fingerprint density at radius 3 is 2.57 bits per heavy atom. The third-order valence-electron chi connectivity index (χ3n) is 4.25. The number of aromatic nitrogens is 2. The summed E-state index contributed by atoms with van der Waals surface area (Å²) in [5.41, 5.74) is 6.45. The summed E-state index contributed by atoms with van der Waals surface area (Å²) in [7, 11) is 0. The highest BCUT2D eigenvalue weighted by molar-refractivity contribution is 5.98. The number of carbonyl (C=O) groups is 3. The Labute approximate surface area is 170 Å². The first-order valence-electron chi connectivity index (χ1n) is 8.98. The molecule has 0 saturated heterocycles. The van der Waals surface area contributed by atoms with E-state index >= 15 is 0 Å². The Kier molecular flexibility index (Phi) is 5.29. The number of hydrogen-bond acceptors (Lipinski definition) is 6. The first-order valence-corrected chi connectivity index (χ1v) is 8.98. The Balaban J connectivity index is 1.25. The van der Waals surface area contributed by atoms with Gasteiger partial charge in [-0.25, -0.2) is 0 Å². The van der Waals surface area contributed by atoms with E-state index in [0.29, 0.717) is 22.8 Å². The van der Waals surface area contributed by atoms with Crippen LogP contribution < -0.4 is 25.6 Å². The molecule has 1 aliphatic rings. The van der Waals surface area contributed by atoms with Gasteiger partial charge in [0.05, 0.1) is 12.2 Å². The van der Waals surface area contributed by atoms with Gasteiger partial charge < -0.3 is 14.8 Å². The lowest BCUT2D eigenvalue weighted by Gasteiger charge is -2.08. The third kappa shape index (κ3) is 4.22. The lowest BCUT2D eigenvalue weighted by atomic mass is 10.1. The van der Waals surface area contributed by atoms with Crippen LogP contribution >= 0.6 is 0 Å². The quantitative estimate of drug-likeness (QED) is 0.466. The number of amides is 3. The number of hydrogen-bond donors (Lipinski definition) is 4. The number of nitrogens with zero attached hydrogens (tertiary/aromatic N) is 1.